The highest BCUT2D eigenvalue weighted by molar-refractivity contribution is 6.25. The van der Waals surface area contributed by atoms with Crippen molar-refractivity contribution in [2.24, 2.45) is 5.92 Å². The Morgan fingerprint density at radius 2 is 2.09 bits per heavy atom. The molecule has 0 unspecified atom stereocenters. The number of unbranched alkanes of at least 4 members (excludes halogenated alkanes) is 1. The molecule has 0 bridgehead atoms. The molecule has 7 heteroatoms. The van der Waals surface area contributed by atoms with E-state index in [-0.39, 0.29) is 17.9 Å². The maximum absolute atomic E-state index is 12.3. The lowest BCUT2D eigenvalue weighted by atomic mass is 9.98. The van der Waals surface area contributed by atoms with Gasteiger partial charge in [0, 0.05) is 43.5 Å². The number of nitrogens with one attached hydrogen (secondary N) is 1. The first-order chi connectivity index (χ1) is 16.3. The molecule has 1 rings (SSSR count). The lowest BCUT2D eigenvalue weighted by Gasteiger charge is -2.18. The molecule has 1 N–H and O–H groups in total. The molecular formula is C27H37ClN2O4. The molecule has 0 aromatic rings. The number of nitrogens with zero attached hydrogens (tertiary/aromatic N) is 1. The van der Waals surface area contributed by atoms with E-state index in [0.717, 1.165) is 37.0 Å². The molecule has 6 nitrogen and oxygen atoms in total. The second kappa shape index (κ2) is 16.8. The van der Waals surface area contributed by atoms with Gasteiger partial charge in [-0.05, 0) is 44.9 Å². The van der Waals surface area contributed by atoms with Crippen molar-refractivity contribution in [2.75, 3.05) is 13.7 Å². The lowest BCUT2D eigenvalue weighted by molar-refractivity contribution is -0.139. The minimum Gasteiger partial charge on any atom is -0.501 e. The Labute approximate surface area is 209 Å². The number of allylic oxidation sites excluding steroid dienone is 3. The first-order valence-electron chi connectivity index (χ1n) is 11.8. The zero-order chi connectivity index (χ0) is 25.3. The highest BCUT2D eigenvalue weighted by atomic mass is 35.5. The van der Waals surface area contributed by atoms with E-state index in [2.05, 4.69) is 24.2 Å². The Kier molecular flexibility index (Phi) is 14.4. The molecule has 1 aliphatic heterocycles. The predicted octanol–water partition coefficient (Wildman–Crippen LogP) is 5.02. The fraction of sp³-hybridized carbons (Fsp3) is 0.519. The first-order valence-corrected chi connectivity index (χ1v) is 12.2. The predicted molar refractivity (Wildman–Crippen MR) is 137 cm³/mol. The average molecular weight is 489 g/mol. The molecule has 34 heavy (non-hydrogen) atoms. The number of carbonyl (C=O) groups is 3. The number of hydrogen-bond acceptors (Lipinski definition) is 4. The largest absolute Gasteiger partial charge is 0.501 e. The van der Waals surface area contributed by atoms with Gasteiger partial charge in [0.05, 0.1) is 13.2 Å². The van der Waals surface area contributed by atoms with E-state index >= 15 is 0 Å². The van der Waals surface area contributed by atoms with E-state index in [1.807, 2.05) is 6.08 Å². The quantitative estimate of drug-likeness (QED) is 0.115. The highest BCUT2D eigenvalue weighted by Gasteiger charge is 2.27. The fourth-order valence-corrected chi connectivity index (χ4v) is 3.67. The van der Waals surface area contributed by atoms with Gasteiger partial charge >= 0.3 is 0 Å². The summed E-state index contributed by atoms with van der Waals surface area (Å²) in [6, 6.07) is -0.275. The summed E-state index contributed by atoms with van der Waals surface area (Å²) >= 11 is 5.91. The van der Waals surface area contributed by atoms with E-state index in [1.165, 1.54) is 24.8 Å². The molecule has 0 aromatic carbocycles. The molecule has 0 fully saturated rings. The van der Waals surface area contributed by atoms with E-state index in [1.54, 1.807) is 18.5 Å². The number of halogens is 1. The van der Waals surface area contributed by atoms with Crippen LogP contribution in [0.1, 0.15) is 65.2 Å². The van der Waals surface area contributed by atoms with Crippen LogP contribution in [0.15, 0.2) is 47.2 Å². The van der Waals surface area contributed by atoms with E-state index < -0.39 is 5.91 Å². The van der Waals surface area contributed by atoms with Gasteiger partial charge in [0.2, 0.25) is 5.91 Å². The third-order valence-corrected chi connectivity index (χ3v) is 5.85. The summed E-state index contributed by atoms with van der Waals surface area (Å²) in [7, 11) is 1.46. The Balaban J connectivity index is 2.28. The summed E-state index contributed by atoms with van der Waals surface area (Å²) in [4.78, 5) is 37.3. The number of rotatable bonds is 15. The van der Waals surface area contributed by atoms with Crippen molar-refractivity contribution in [2.45, 2.75) is 71.3 Å². The Morgan fingerprint density at radius 3 is 2.71 bits per heavy atom. The van der Waals surface area contributed by atoms with Crippen molar-refractivity contribution in [3.05, 3.63) is 47.2 Å². The molecule has 0 aliphatic carbocycles. The Morgan fingerprint density at radius 1 is 1.32 bits per heavy atom. The number of imide groups is 1. The summed E-state index contributed by atoms with van der Waals surface area (Å²) in [5, 5.41) is 2.83. The van der Waals surface area contributed by atoms with Crippen molar-refractivity contribution >= 4 is 29.3 Å². The van der Waals surface area contributed by atoms with Gasteiger partial charge in [-0.1, -0.05) is 42.3 Å². The van der Waals surface area contributed by atoms with Crippen LogP contribution in [0.2, 0.25) is 0 Å². The SMILES string of the molecule is C#CCCC/C(=C\Cl)CC[C@@H](C)/C=C/CCC(=O)NCC/C(=C\C(=O)N1C(=O)C=C[C@@H]1C)OC. The zero-order valence-electron chi connectivity index (χ0n) is 20.5. The summed E-state index contributed by atoms with van der Waals surface area (Å²) in [6.07, 6.45) is 19.8. The number of methoxy groups -OCH3 is 1. The van der Waals surface area contributed by atoms with Crippen LogP contribution in [0, 0.1) is 18.3 Å². The average Bonchev–Trinajstić information content (AvgIpc) is 3.16. The Bertz CT molecular complexity index is 851. The summed E-state index contributed by atoms with van der Waals surface area (Å²) < 4.78 is 5.23. The number of terminal acetylenes is 1. The molecule has 0 radical (unpaired) electrons. The molecule has 1 heterocycles. The van der Waals surface area contributed by atoms with Gasteiger partial charge in [-0.15, -0.1) is 12.3 Å². The Hall–Kier alpha value is -2.78. The normalized spacial score (nSPS) is 17.2. The van der Waals surface area contributed by atoms with Crippen molar-refractivity contribution in [3.63, 3.8) is 0 Å². The molecule has 2 atom stereocenters. The smallest absolute Gasteiger partial charge is 0.257 e. The van der Waals surface area contributed by atoms with Crippen LogP contribution in [-0.4, -0.2) is 42.3 Å². The maximum atomic E-state index is 12.3. The van der Waals surface area contributed by atoms with E-state index in [0.29, 0.717) is 37.5 Å². The van der Waals surface area contributed by atoms with Crippen molar-refractivity contribution < 1.29 is 19.1 Å². The lowest BCUT2D eigenvalue weighted by Crippen LogP contribution is -2.37. The van der Waals surface area contributed by atoms with Gasteiger partial charge in [0.1, 0.15) is 5.76 Å². The second-order valence-corrected chi connectivity index (χ2v) is 8.59. The van der Waals surface area contributed by atoms with Gasteiger partial charge in [-0.25, -0.2) is 0 Å². The number of ether oxygens (including phenoxy) is 1. The topological polar surface area (TPSA) is 75.7 Å². The third-order valence-electron chi connectivity index (χ3n) is 5.54. The van der Waals surface area contributed by atoms with Crippen LogP contribution in [-0.2, 0) is 19.1 Å². The molecule has 1 aliphatic rings. The standard InChI is InChI=1S/C27H37ClN2O4/c1-5-6-7-11-23(20-28)15-13-21(2)10-8-9-12-25(31)29-18-17-24(34-4)19-27(33)30-22(3)14-16-26(30)32/h1,8,10,14,16,19-22H,6-7,9,11-13,15,17-18H2,2-4H3,(H,29,31)/b10-8+,23-20+,24-19+/t21-,22-/m0/s1. The summed E-state index contributed by atoms with van der Waals surface area (Å²) in [6.45, 7) is 4.27. The van der Waals surface area contributed by atoms with Gasteiger partial charge in [0.15, 0.2) is 0 Å². The minimum atomic E-state index is -0.425. The summed E-state index contributed by atoms with van der Waals surface area (Å²) in [5.41, 5.74) is 2.89. The van der Waals surface area contributed by atoms with Crippen molar-refractivity contribution in [1.82, 2.24) is 10.2 Å². The minimum absolute atomic E-state index is 0.0625. The zero-order valence-corrected chi connectivity index (χ0v) is 21.3. The van der Waals surface area contributed by atoms with Gasteiger partial charge < -0.3 is 10.1 Å². The molecule has 186 valence electrons. The van der Waals surface area contributed by atoms with E-state index in [4.69, 9.17) is 22.8 Å². The van der Waals surface area contributed by atoms with Crippen LogP contribution in [0.25, 0.3) is 0 Å². The van der Waals surface area contributed by atoms with Crippen LogP contribution in [0.4, 0.5) is 0 Å². The first kappa shape index (κ1) is 29.3. The van der Waals surface area contributed by atoms with Crippen LogP contribution >= 0.6 is 11.6 Å². The van der Waals surface area contributed by atoms with Gasteiger partial charge in [-0.3, -0.25) is 19.3 Å². The molecule has 0 saturated heterocycles. The van der Waals surface area contributed by atoms with Crippen LogP contribution in [0.3, 0.4) is 0 Å². The molecule has 0 spiro atoms. The van der Waals surface area contributed by atoms with Crippen molar-refractivity contribution in [3.8, 4) is 12.3 Å². The summed E-state index contributed by atoms with van der Waals surface area (Å²) in [5.74, 6) is 2.63. The van der Waals surface area contributed by atoms with Gasteiger partial charge in [-0.2, -0.15) is 0 Å². The molecule has 0 saturated carbocycles. The molecular weight excluding hydrogens is 452 g/mol. The second-order valence-electron chi connectivity index (χ2n) is 8.37. The number of amides is 3. The number of hydrogen-bond donors (Lipinski definition) is 1. The molecule has 0 aromatic heterocycles. The van der Waals surface area contributed by atoms with Crippen LogP contribution < -0.4 is 5.32 Å². The highest BCUT2D eigenvalue weighted by Crippen LogP contribution is 2.19. The van der Waals surface area contributed by atoms with Crippen LogP contribution in [0.5, 0.6) is 0 Å². The monoisotopic (exact) mass is 488 g/mol. The molecule has 3 amide bonds. The number of carbonyl (C=O) groups excluding carboxylic acids is 3. The van der Waals surface area contributed by atoms with Crippen molar-refractivity contribution in [1.29, 1.82) is 0 Å². The van der Waals surface area contributed by atoms with E-state index in [9.17, 15) is 14.4 Å². The third kappa shape index (κ3) is 11.4. The maximum Gasteiger partial charge on any atom is 0.257 e. The fourth-order valence-electron chi connectivity index (χ4n) is 3.46. The van der Waals surface area contributed by atoms with Gasteiger partial charge in [0.25, 0.3) is 11.8 Å².